The first-order valence-electron chi connectivity index (χ1n) is 3.73. The number of aliphatic hydroxyl groups excluding tert-OH is 1. The fraction of sp³-hybridized carbons (Fsp3) is 0.625. The molecule has 1 rings (SSSR count). The molecule has 0 amide bonds. The van der Waals surface area contributed by atoms with Gasteiger partial charge in [0.25, 0.3) is 0 Å². The Labute approximate surface area is 66.4 Å². The van der Waals surface area contributed by atoms with Gasteiger partial charge in [0, 0.05) is 12.3 Å². The maximum Gasteiger partial charge on any atom is 0.144 e. The zero-order valence-electron chi connectivity index (χ0n) is 6.71. The summed E-state index contributed by atoms with van der Waals surface area (Å²) >= 11 is 0. The first kappa shape index (κ1) is 8.43. The maximum absolute atomic E-state index is 8.39. The van der Waals surface area contributed by atoms with E-state index in [1.54, 1.807) is 0 Å². The molecule has 0 spiro atoms. The molecule has 0 unspecified atom stereocenters. The Morgan fingerprint density at radius 3 is 3.18 bits per heavy atom. The summed E-state index contributed by atoms with van der Waals surface area (Å²) in [4.78, 5) is 4.25. The summed E-state index contributed by atoms with van der Waals surface area (Å²) < 4.78 is 4.85. The highest BCUT2D eigenvalue weighted by Crippen LogP contribution is 2.07. The average Bonchev–Trinajstić information content (AvgIpc) is 2.03. The second-order valence-corrected chi connectivity index (χ2v) is 2.46. The predicted octanol–water partition coefficient (Wildman–Crippen LogP) is 0.744. The van der Waals surface area contributed by atoms with Gasteiger partial charge in [-0.25, -0.2) is 0 Å². The SMILES string of the molecule is CC1=NCCC=C1COCO. The summed E-state index contributed by atoms with van der Waals surface area (Å²) in [6, 6.07) is 0. The number of dihydropyridines is 1. The molecule has 62 valence electrons. The van der Waals surface area contributed by atoms with Crippen molar-refractivity contribution < 1.29 is 9.84 Å². The van der Waals surface area contributed by atoms with Gasteiger partial charge in [0.15, 0.2) is 0 Å². The third-order valence-electron chi connectivity index (χ3n) is 1.68. The molecule has 1 aliphatic heterocycles. The number of hydrogen-bond donors (Lipinski definition) is 1. The van der Waals surface area contributed by atoms with Gasteiger partial charge in [-0.3, -0.25) is 4.99 Å². The van der Waals surface area contributed by atoms with E-state index in [0.29, 0.717) is 6.61 Å². The van der Waals surface area contributed by atoms with Crippen LogP contribution in [0.15, 0.2) is 16.6 Å². The quantitative estimate of drug-likeness (QED) is 0.611. The zero-order chi connectivity index (χ0) is 8.10. The monoisotopic (exact) mass is 155 g/mol. The van der Waals surface area contributed by atoms with Gasteiger partial charge in [0.2, 0.25) is 0 Å². The number of hydrogen-bond acceptors (Lipinski definition) is 3. The fourth-order valence-corrected chi connectivity index (χ4v) is 1.04. The van der Waals surface area contributed by atoms with Gasteiger partial charge in [-0.05, 0) is 18.9 Å². The Bertz CT molecular complexity index is 185. The number of nitrogens with zero attached hydrogens (tertiary/aromatic N) is 1. The van der Waals surface area contributed by atoms with Gasteiger partial charge in [-0.1, -0.05) is 6.08 Å². The van der Waals surface area contributed by atoms with Gasteiger partial charge in [-0.15, -0.1) is 0 Å². The summed E-state index contributed by atoms with van der Waals surface area (Å²) in [5.74, 6) is 0. The molecule has 3 nitrogen and oxygen atoms in total. The van der Waals surface area contributed by atoms with Crippen molar-refractivity contribution in [3.05, 3.63) is 11.6 Å². The molecule has 1 heterocycles. The molecule has 0 aromatic rings. The third kappa shape index (κ3) is 2.44. The van der Waals surface area contributed by atoms with Crippen molar-refractivity contribution in [3.8, 4) is 0 Å². The molecule has 0 aromatic carbocycles. The van der Waals surface area contributed by atoms with E-state index in [-0.39, 0.29) is 6.79 Å². The Kier molecular flexibility index (Phi) is 3.26. The minimum atomic E-state index is -0.218. The average molecular weight is 155 g/mol. The molecular weight excluding hydrogens is 142 g/mol. The van der Waals surface area contributed by atoms with Crippen LogP contribution in [0.5, 0.6) is 0 Å². The molecule has 0 saturated heterocycles. The molecule has 0 atom stereocenters. The first-order valence-corrected chi connectivity index (χ1v) is 3.73. The van der Waals surface area contributed by atoms with Crippen molar-refractivity contribution in [2.45, 2.75) is 13.3 Å². The van der Waals surface area contributed by atoms with Crippen LogP contribution in [-0.4, -0.2) is 30.8 Å². The van der Waals surface area contributed by atoms with E-state index >= 15 is 0 Å². The lowest BCUT2D eigenvalue weighted by Crippen LogP contribution is -2.10. The van der Waals surface area contributed by atoms with Crippen LogP contribution in [0.3, 0.4) is 0 Å². The van der Waals surface area contributed by atoms with Crippen molar-refractivity contribution in [2.75, 3.05) is 19.9 Å². The zero-order valence-corrected chi connectivity index (χ0v) is 6.71. The van der Waals surface area contributed by atoms with Gasteiger partial charge in [0.1, 0.15) is 6.79 Å². The van der Waals surface area contributed by atoms with Gasteiger partial charge in [-0.2, -0.15) is 0 Å². The van der Waals surface area contributed by atoms with Crippen LogP contribution in [-0.2, 0) is 4.74 Å². The molecule has 0 radical (unpaired) electrons. The highest BCUT2D eigenvalue weighted by atomic mass is 16.6. The highest BCUT2D eigenvalue weighted by molar-refractivity contribution is 5.98. The van der Waals surface area contributed by atoms with Gasteiger partial charge < -0.3 is 9.84 Å². The van der Waals surface area contributed by atoms with Crippen LogP contribution in [0.25, 0.3) is 0 Å². The van der Waals surface area contributed by atoms with Crippen molar-refractivity contribution in [3.63, 3.8) is 0 Å². The number of aliphatic hydroxyl groups is 1. The summed E-state index contributed by atoms with van der Waals surface area (Å²) in [5.41, 5.74) is 2.13. The largest absolute Gasteiger partial charge is 0.371 e. The minimum Gasteiger partial charge on any atom is -0.371 e. The van der Waals surface area contributed by atoms with E-state index in [1.165, 1.54) is 0 Å². The molecule has 11 heavy (non-hydrogen) atoms. The van der Waals surface area contributed by atoms with E-state index in [9.17, 15) is 0 Å². The molecule has 3 heteroatoms. The fourth-order valence-electron chi connectivity index (χ4n) is 1.04. The predicted molar refractivity (Wildman–Crippen MR) is 43.7 cm³/mol. The molecule has 0 fully saturated rings. The summed E-state index contributed by atoms with van der Waals surface area (Å²) in [5, 5.41) is 8.39. The van der Waals surface area contributed by atoms with Gasteiger partial charge >= 0.3 is 0 Å². The van der Waals surface area contributed by atoms with Crippen molar-refractivity contribution in [1.82, 2.24) is 0 Å². The van der Waals surface area contributed by atoms with Crippen LogP contribution in [0.2, 0.25) is 0 Å². The Morgan fingerprint density at radius 2 is 2.55 bits per heavy atom. The van der Waals surface area contributed by atoms with Crippen LogP contribution in [0.1, 0.15) is 13.3 Å². The van der Waals surface area contributed by atoms with Crippen LogP contribution < -0.4 is 0 Å². The molecule has 0 saturated carbocycles. The summed E-state index contributed by atoms with van der Waals surface area (Å²) in [7, 11) is 0. The lowest BCUT2D eigenvalue weighted by atomic mass is 10.1. The molecular formula is C8H13NO2. The normalized spacial score (nSPS) is 17.6. The highest BCUT2D eigenvalue weighted by Gasteiger charge is 2.04. The lowest BCUT2D eigenvalue weighted by molar-refractivity contribution is 0.0114. The topological polar surface area (TPSA) is 41.8 Å². The minimum absolute atomic E-state index is 0.218. The van der Waals surface area contributed by atoms with E-state index in [4.69, 9.17) is 9.84 Å². The summed E-state index contributed by atoms with van der Waals surface area (Å²) in [6.07, 6.45) is 3.10. The maximum atomic E-state index is 8.39. The number of rotatable bonds is 3. The van der Waals surface area contributed by atoms with Gasteiger partial charge in [0.05, 0.1) is 6.61 Å². The smallest absolute Gasteiger partial charge is 0.144 e. The lowest BCUT2D eigenvalue weighted by Gasteiger charge is -2.10. The molecule has 0 bridgehead atoms. The van der Waals surface area contributed by atoms with E-state index in [2.05, 4.69) is 11.1 Å². The molecule has 1 aliphatic rings. The Morgan fingerprint density at radius 1 is 1.73 bits per heavy atom. The van der Waals surface area contributed by atoms with Crippen molar-refractivity contribution in [2.24, 2.45) is 4.99 Å². The second kappa shape index (κ2) is 4.26. The van der Waals surface area contributed by atoms with Crippen molar-refractivity contribution >= 4 is 5.71 Å². The second-order valence-electron chi connectivity index (χ2n) is 2.46. The number of aliphatic imine (C=N–C) groups is 1. The Hall–Kier alpha value is -0.670. The molecule has 0 aromatic heterocycles. The third-order valence-corrected chi connectivity index (χ3v) is 1.68. The Balaban J connectivity index is 2.43. The molecule has 1 N–H and O–H groups in total. The number of ether oxygens (including phenoxy) is 1. The summed E-state index contributed by atoms with van der Waals surface area (Å²) in [6.45, 7) is 3.11. The van der Waals surface area contributed by atoms with E-state index in [0.717, 1.165) is 24.3 Å². The first-order chi connectivity index (χ1) is 5.34. The van der Waals surface area contributed by atoms with E-state index in [1.807, 2.05) is 6.92 Å². The van der Waals surface area contributed by atoms with Crippen molar-refractivity contribution in [1.29, 1.82) is 0 Å². The standard InChI is InChI=1S/C8H13NO2/c1-7-8(5-11-6-10)3-2-4-9-7/h3,10H,2,4-6H2,1H3. The van der Waals surface area contributed by atoms with Crippen LogP contribution in [0, 0.1) is 0 Å². The molecule has 0 aliphatic carbocycles. The van der Waals surface area contributed by atoms with Crippen LogP contribution >= 0.6 is 0 Å². The van der Waals surface area contributed by atoms with E-state index < -0.39 is 0 Å². The van der Waals surface area contributed by atoms with Crippen LogP contribution in [0.4, 0.5) is 0 Å².